The molecule has 4 heteroatoms. The monoisotopic (exact) mass is 289 g/mol. The van der Waals surface area contributed by atoms with Crippen molar-refractivity contribution in [2.24, 2.45) is 0 Å². The van der Waals surface area contributed by atoms with E-state index >= 15 is 0 Å². The van der Waals surface area contributed by atoms with Gasteiger partial charge in [-0.3, -0.25) is 4.79 Å². The van der Waals surface area contributed by atoms with Crippen molar-refractivity contribution in [3.63, 3.8) is 0 Å². The summed E-state index contributed by atoms with van der Waals surface area (Å²) in [4.78, 5) is 11.7. The lowest BCUT2D eigenvalue weighted by Crippen LogP contribution is -2.12. The Bertz CT molecular complexity index is 559. The third-order valence-corrected chi connectivity index (χ3v) is 3.72. The number of halogens is 1. The first-order valence-corrected chi connectivity index (χ1v) is 7.56. The van der Waals surface area contributed by atoms with Crippen molar-refractivity contribution < 1.29 is 9.18 Å². The number of hydrogen-bond donors (Lipinski definition) is 1. The van der Waals surface area contributed by atoms with Gasteiger partial charge in [-0.15, -0.1) is 0 Å². The van der Waals surface area contributed by atoms with Gasteiger partial charge in [-0.2, -0.15) is 11.8 Å². The van der Waals surface area contributed by atoms with Crippen molar-refractivity contribution >= 4 is 23.4 Å². The normalized spacial score (nSPS) is 10.2. The van der Waals surface area contributed by atoms with E-state index in [0.717, 1.165) is 11.5 Å². The Kier molecular flexibility index (Phi) is 5.62. The lowest BCUT2D eigenvalue weighted by molar-refractivity contribution is -0.115. The van der Waals surface area contributed by atoms with Gasteiger partial charge in [0, 0.05) is 23.6 Å². The number of amides is 1. The van der Waals surface area contributed by atoms with E-state index in [9.17, 15) is 9.18 Å². The lowest BCUT2D eigenvalue weighted by Gasteiger charge is -2.05. The Morgan fingerprint density at radius 1 is 1.10 bits per heavy atom. The molecule has 104 valence electrons. The zero-order chi connectivity index (χ0) is 14.2. The van der Waals surface area contributed by atoms with Crippen LogP contribution in [0.2, 0.25) is 0 Å². The van der Waals surface area contributed by atoms with E-state index in [2.05, 4.69) is 17.4 Å². The molecule has 0 heterocycles. The van der Waals surface area contributed by atoms with Crippen LogP contribution in [0.5, 0.6) is 0 Å². The molecule has 0 fully saturated rings. The summed E-state index contributed by atoms with van der Waals surface area (Å²) in [5.74, 6) is 1.21. The van der Waals surface area contributed by atoms with Crippen molar-refractivity contribution in [1.82, 2.24) is 0 Å². The molecule has 2 rings (SSSR count). The van der Waals surface area contributed by atoms with Crippen molar-refractivity contribution in [2.75, 3.05) is 11.1 Å². The maximum absolute atomic E-state index is 13.0. The largest absolute Gasteiger partial charge is 0.326 e. The molecule has 0 saturated heterocycles. The lowest BCUT2D eigenvalue weighted by atomic mass is 10.2. The van der Waals surface area contributed by atoms with Gasteiger partial charge in [0.05, 0.1) is 0 Å². The van der Waals surface area contributed by atoms with Gasteiger partial charge < -0.3 is 5.32 Å². The zero-order valence-electron chi connectivity index (χ0n) is 11.0. The minimum absolute atomic E-state index is 0.0869. The van der Waals surface area contributed by atoms with Crippen LogP contribution in [-0.4, -0.2) is 11.7 Å². The number of rotatable bonds is 6. The third kappa shape index (κ3) is 5.05. The average molecular weight is 289 g/mol. The van der Waals surface area contributed by atoms with Crippen LogP contribution in [0.3, 0.4) is 0 Å². The maximum Gasteiger partial charge on any atom is 0.225 e. The second-order valence-electron chi connectivity index (χ2n) is 4.35. The fraction of sp³-hybridized carbons (Fsp3) is 0.188. The topological polar surface area (TPSA) is 29.1 Å². The van der Waals surface area contributed by atoms with Crippen molar-refractivity contribution in [2.45, 2.75) is 12.2 Å². The molecule has 2 aromatic carbocycles. The maximum atomic E-state index is 13.0. The first kappa shape index (κ1) is 14.6. The molecular formula is C16H16FNOS. The first-order valence-electron chi connectivity index (χ1n) is 6.41. The summed E-state index contributed by atoms with van der Waals surface area (Å²) in [7, 11) is 0. The Morgan fingerprint density at radius 2 is 1.90 bits per heavy atom. The predicted molar refractivity (Wildman–Crippen MR) is 82.3 cm³/mol. The molecule has 0 radical (unpaired) electrons. The van der Waals surface area contributed by atoms with Gasteiger partial charge in [-0.25, -0.2) is 4.39 Å². The Balaban J connectivity index is 1.68. The summed E-state index contributed by atoms with van der Waals surface area (Å²) in [5, 5.41) is 2.69. The smallest absolute Gasteiger partial charge is 0.225 e. The number of carbonyl (C=O) groups excluding carboxylic acids is 1. The highest BCUT2D eigenvalue weighted by atomic mass is 32.2. The third-order valence-electron chi connectivity index (χ3n) is 2.69. The number of hydrogen-bond acceptors (Lipinski definition) is 2. The van der Waals surface area contributed by atoms with Crippen LogP contribution in [0.1, 0.15) is 12.0 Å². The molecule has 0 bridgehead atoms. The zero-order valence-corrected chi connectivity index (χ0v) is 11.8. The highest BCUT2D eigenvalue weighted by Gasteiger charge is 2.03. The summed E-state index contributed by atoms with van der Waals surface area (Å²) in [6.07, 6.45) is 0.425. The summed E-state index contributed by atoms with van der Waals surface area (Å²) >= 11 is 1.71. The van der Waals surface area contributed by atoms with E-state index in [0.29, 0.717) is 12.1 Å². The molecular weight excluding hydrogens is 273 g/mol. The number of thioether (sulfide) groups is 1. The van der Waals surface area contributed by atoms with Crippen molar-refractivity contribution in [1.29, 1.82) is 0 Å². The van der Waals surface area contributed by atoms with Crippen molar-refractivity contribution in [3.05, 3.63) is 66.0 Å². The predicted octanol–water partition coefficient (Wildman–Crippen LogP) is 4.09. The molecule has 0 unspecified atom stereocenters. The van der Waals surface area contributed by atoms with Crippen LogP contribution < -0.4 is 5.32 Å². The summed E-state index contributed by atoms with van der Waals surface area (Å²) < 4.78 is 13.0. The van der Waals surface area contributed by atoms with Gasteiger partial charge in [0.15, 0.2) is 0 Å². The quantitative estimate of drug-likeness (QED) is 0.812. The minimum atomic E-state index is -0.346. The first-order chi connectivity index (χ1) is 9.74. The van der Waals surface area contributed by atoms with Crippen LogP contribution >= 0.6 is 11.8 Å². The van der Waals surface area contributed by atoms with Gasteiger partial charge in [-0.05, 0) is 23.8 Å². The highest BCUT2D eigenvalue weighted by molar-refractivity contribution is 7.98. The Hall–Kier alpha value is -1.81. The second kappa shape index (κ2) is 7.70. The standard InChI is InChI=1S/C16H16FNOS/c17-14-7-4-8-15(11-14)18-16(19)9-10-20-12-13-5-2-1-3-6-13/h1-8,11H,9-10,12H2,(H,18,19). The highest BCUT2D eigenvalue weighted by Crippen LogP contribution is 2.14. The van der Waals surface area contributed by atoms with Crippen molar-refractivity contribution in [3.8, 4) is 0 Å². The number of carbonyl (C=O) groups is 1. The van der Waals surface area contributed by atoms with E-state index in [-0.39, 0.29) is 11.7 Å². The Labute approximate surface area is 122 Å². The van der Waals surface area contributed by atoms with Crippen LogP contribution in [0.25, 0.3) is 0 Å². The summed E-state index contributed by atoms with van der Waals surface area (Å²) in [5.41, 5.74) is 1.76. The molecule has 0 saturated carbocycles. The van der Waals surface area contributed by atoms with E-state index in [1.807, 2.05) is 18.2 Å². The molecule has 1 amide bonds. The van der Waals surface area contributed by atoms with Gasteiger partial charge in [0.1, 0.15) is 5.82 Å². The van der Waals surface area contributed by atoms with Crippen LogP contribution in [-0.2, 0) is 10.5 Å². The molecule has 0 aliphatic heterocycles. The second-order valence-corrected chi connectivity index (χ2v) is 5.45. The molecule has 0 aromatic heterocycles. The van der Waals surface area contributed by atoms with Crippen LogP contribution in [0.15, 0.2) is 54.6 Å². The molecule has 0 atom stereocenters. The number of anilines is 1. The number of benzene rings is 2. The molecule has 1 N–H and O–H groups in total. The van der Waals surface area contributed by atoms with E-state index in [4.69, 9.17) is 0 Å². The Morgan fingerprint density at radius 3 is 2.65 bits per heavy atom. The van der Waals surface area contributed by atoms with Crippen LogP contribution in [0.4, 0.5) is 10.1 Å². The minimum Gasteiger partial charge on any atom is -0.326 e. The molecule has 0 aliphatic carbocycles. The van der Waals surface area contributed by atoms with Gasteiger partial charge in [0.25, 0.3) is 0 Å². The SMILES string of the molecule is O=C(CCSCc1ccccc1)Nc1cccc(F)c1. The summed E-state index contributed by atoms with van der Waals surface area (Å²) in [6.45, 7) is 0. The molecule has 2 nitrogen and oxygen atoms in total. The van der Waals surface area contributed by atoms with Gasteiger partial charge in [0.2, 0.25) is 5.91 Å². The van der Waals surface area contributed by atoms with Gasteiger partial charge >= 0.3 is 0 Å². The summed E-state index contributed by atoms with van der Waals surface area (Å²) in [6, 6.07) is 16.1. The molecule has 0 spiro atoms. The van der Waals surface area contributed by atoms with E-state index in [1.165, 1.54) is 17.7 Å². The molecule has 2 aromatic rings. The molecule has 0 aliphatic rings. The van der Waals surface area contributed by atoms with Crippen LogP contribution in [0, 0.1) is 5.82 Å². The average Bonchev–Trinajstić information content (AvgIpc) is 2.45. The van der Waals surface area contributed by atoms with Gasteiger partial charge in [-0.1, -0.05) is 36.4 Å². The van der Waals surface area contributed by atoms with E-state index in [1.54, 1.807) is 23.9 Å². The number of nitrogens with one attached hydrogen (secondary N) is 1. The fourth-order valence-corrected chi connectivity index (χ4v) is 2.62. The van der Waals surface area contributed by atoms with E-state index < -0.39 is 0 Å². The molecule has 20 heavy (non-hydrogen) atoms. The fourth-order valence-electron chi connectivity index (χ4n) is 1.72.